The second kappa shape index (κ2) is 5.45. The van der Waals surface area contributed by atoms with Crippen LogP contribution in [0, 0.1) is 5.41 Å². The molecular weight excluding hydrogens is 286 g/mol. The molecule has 2 N–H and O–H groups in total. The normalized spacial score (nSPS) is 22.7. The molecule has 112 valence electrons. The standard InChI is InChI=1S/C17H20ClNO2/c18-11-5-4-6-12(19)15(11)16-13(20)9-17(10-14(16)21)7-2-1-3-8-17/h4-6,16H,1-3,7-10,19H2. The van der Waals surface area contributed by atoms with Gasteiger partial charge in [-0.05, 0) is 30.4 Å². The molecule has 3 rings (SSSR count). The fraction of sp³-hybridized carbons (Fsp3) is 0.529. The summed E-state index contributed by atoms with van der Waals surface area (Å²) in [7, 11) is 0. The van der Waals surface area contributed by atoms with Crippen molar-refractivity contribution < 1.29 is 9.59 Å². The Kier molecular flexibility index (Phi) is 3.78. The molecule has 0 aromatic heterocycles. The van der Waals surface area contributed by atoms with E-state index in [9.17, 15) is 9.59 Å². The van der Waals surface area contributed by atoms with Gasteiger partial charge in [-0.1, -0.05) is 36.9 Å². The van der Waals surface area contributed by atoms with Gasteiger partial charge in [0, 0.05) is 29.1 Å². The van der Waals surface area contributed by atoms with Crippen LogP contribution in [-0.2, 0) is 9.59 Å². The second-order valence-electron chi connectivity index (χ2n) is 6.52. The molecule has 2 aliphatic carbocycles. The topological polar surface area (TPSA) is 60.2 Å². The van der Waals surface area contributed by atoms with Gasteiger partial charge >= 0.3 is 0 Å². The van der Waals surface area contributed by atoms with E-state index >= 15 is 0 Å². The van der Waals surface area contributed by atoms with Gasteiger partial charge in [0.2, 0.25) is 0 Å². The zero-order chi connectivity index (χ0) is 15.0. The first-order valence-electron chi connectivity index (χ1n) is 7.62. The average Bonchev–Trinajstić information content (AvgIpc) is 2.42. The molecule has 1 aromatic carbocycles. The number of Topliss-reactive ketones (excluding diaryl/α,β-unsaturated/α-hetero) is 2. The first-order valence-corrected chi connectivity index (χ1v) is 8.00. The minimum atomic E-state index is -0.758. The quantitative estimate of drug-likeness (QED) is 0.632. The zero-order valence-corrected chi connectivity index (χ0v) is 12.8. The monoisotopic (exact) mass is 305 g/mol. The number of halogens is 1. The number of ketones is 2. The van der Waals surface area contributed by atoms with E-state index in [0.717, 1.165) is 25.7 Å². The maximum Gasteiger partial charge on any atom is 0.148 e. The van der Waals surface area contributed by atoms with Crippen molar-refractivity contribution in [3.8, 4) is 0 Å². The van der Waals surface area contributed by atoms with Gasteiger partial charge in [0.05, 0.1) is 0 Å². The number of carbonyl (C=O) groups is 2. The lowest BCUT2D eigenvalue weighted by molar-refractivity contribution is -0.137. The van der Waals surface area contributed by atoms with E-state index in [1.807, 2.05) is 0 Å². The Morgan fingerprint density at radius 1 is 1.05 bits per heavy atom. The van der Waals surface area contributed by atoms with Crippen molar-refractivity contribution in [2.75, 3.05) is 5.73 Å². The number of benzene rings is 1. The molecular formula is C17H20ClNO2. The van der Waals surface area contributed by atoms with Crippen LogP contribution in [0.2, 0.25) is 5.02 Å². The van der Waals surface area contributed by atoms with E-state index in [1.54, 1.807) is 18.2 Å². The number of hydrogen-bond acceptors (Lipinski definition) is 3. The highest BCUT2D eigenvalue weighted by Crippen LogP contribution is 2.49. The Hall–Kier alpha value is -1.35. The van der Waals surface area contributed by atoms with Crippen molar-refractivity contribution in [2.24, 2.45) is 5.41 Å². The fourth-order valence-corrected chi connectivity index (χ4v) is 4.31. The fourth-order valence-electron chi connectivity index (χ4n) is 4.02. The van der Waals surface area contributed by atoms with Crippen molar-refractivity contribution in [2.45, 2.75) is 50.9 Å². The number of carbonyl (C=O) groups excluding carboxylic acids is 2. The molecule has 0 saturated heterocycles. The summed E-state index contributed by atoms with van der Waals surface area (Å²) in [5, 5.41) is 0.418. The minimum Gasteiger partial charge on any atom is -0.398 e. The first-order chi connectivity index (χ1) is 10.0. The lowest BCUT2D eigenvalue weighted by Gasteiger charge is -2.41. The van der Waals surface area contributed by atoms with Crippen molar-refractivity contribution in [3.05, 3.63) is 28.8 Å². The third-order valence-corrected chi connectivity index (χ3v) is 5.36. The van der Waals surface area contributed by atoms with Crippen molar-refractivity contribution in [3.63, 3.8) is 0 Å². The molecule has 0 radical (unpaired) electrons. The summed E-state index contributed by atoms with van der Waals surface area (Å²) in [6, 6.07) is 5.13. The van der Waals surface area contributed by atoms with Crippen LogP contribution >= 0.6 is 11.6 Å². The first kappa shape index (κ1) is 14.6. The predicted molar refractivity (Wildman–Crippen MR) is 83.4 cm³/mol. The molecule has 2 fully saturated rings. The van der Waals surface area contributed by atoms with Gasteiger partial charge < -0.3 is 5.73 Å². The largest absolute Gasteiger partial charge is 0.398 e. The van der Waals surface area contributed by atoms with E-state index < -0.39 is 5.92 Å². The Morgan fingerprint density at radius 3 is 2.24 bits per heavy atom. The average molecular weight is 306 g/mol. The Morgan fingerprint density at radius 2 is 1.67 bits per heavy atom. The SMILES string of the molecule is Nc1cccc(Cl)c1C1C(=O)CC2(CCCCC2)CC1=O. The molecule has 0 unspecified atom stereocenters. The van der Waals surface area contributed by atoms with Crippen molar-refractivity contribution in [1.29, 1.82) is 0 Å². The van der Waals surface area contributed by atoms with E-state index in [0.29, 0.717) is 29.1 Å². The van der Waals surface area contributed by atoms with E-state index in [4.69, 9.17) is 17.3 Å². The molecule has 0 heterocycles. The number of anilines is 1. The van der Waals surface area contributed by atoms with Crippen LogP contribution in [0.25, 0.3) is 0 Å². The molecule has 3 nitrogen and oxygen atoms in total. The van der Waals surface area contributed by atoms with E-state index in [2.05, 4.69) is 0 Å². The zero-order valence-electron chi connectivity index (χ0n) is 12.0. The summed E-state index contributed by atoms with van der Waals surface area (Å²) in [4.78, 5) is 25.3. The predicted octanol–water partition coefficient (Wildman–Crippen LogP) is 3.89. The summed E-state index contributed by atoms with van der Waals surface area (Å²) >= 11 is 6.19. The molecule has 21 heavy (non-hydrogen) atoms. The Balaban J connectivity index is 1.92. The third kappa shape index (κ3) is 2.59. The summed E-state index contributed by atoms with van der Waals surface area (Å²) < 4.78 is 0. The van der Waals surface area contributed by atoms with E-state index in [-0.39, 0.29) is 17.0 Å². The molecule has 0 atom stereocenters. The van der Waals surface area contributed by atoms with Gasteiger partial charge in [-0.15, -0.1) is 0 Å². The maximum absolute atomic E-state index is 12.6. The molecule has 2 aliphatic rings. The van der Waals surface area contributed by atoms with Gasteiger partial charge in [0.25, 0.3) is 0 Å². The summed E-state index contributed by atoms with van der Waals surface area (Å²) in [6.45, 7) is 0. The number of rotatable bonds is 1. The van der Waals surface area contributed by atoms with Crippen molar-refractivity contribution >= 4 is 28.9 Å². The summed E-state index contributed by atoms with van der Waals surface area (Å²) in [5.41, 5.74) is 6.83. The number of nitrogen functional groups attached to an aromatic ring is 1. The lowest BCUT2D eigenvalue weighted by atomic mass is 9.61. The van der Waals surface area contributed by atoms with Gasteiger partial charge in [-0.3, -0.25) is 9.59 Å². The van der Waals surface area contributed by atoms with Gasteiger partial charge in [-0.2, -0.15) is 0 Å². The van der Waals surface area contributed by atoms with Crippen LogP contribution in [0.1, 0.15) is 56.4 Å². The molecule has 1 spiro atoms. The second-order valence-corrected chi connectivity index (χ2v) is 6.93. The lowest BCUT2D eigenvalue weighted by Crippen LogP contribution is -2.40. The van der Waals surface area contributed by atoms with Crippen LogP contribution in [0.5, 0.6) is 0 Å². The number of nitrogens with two attached hydrogens (primary N) is 1. The highest BCUT2D eigenvalue weighted by molar-refractivity contribution is 6.33. The smallest absolute Gasteiger partial charge is 0.148 e. The summed E-state index contributed by atoms with van der Waals surface area (Å²) in [5.74, 6) is -0.771. The number of hydrogen-bond donors (Lipinski definition) is 1. The highest BCUT2D eigenvalue weighted by atomic mass is 35.5. The van der Waals surface area contributed by atoms with Gasteiger partial charge in [0.1, 0.15) is 17.5 Å². The van der Waals surface area contributed by atoms with Crippen LogP contribution in [0.4, 0.5) is 5.69 Å². The van der Waals surface area contributed by atoms with Crippen LogP contribution in [0.3, 0.4) is 0 Å². The Bertz CT molecular complexity index is 550. The minimum absolute atomic E-state index is 0.00653. The molecule has 0 aliphatic heterocycles. The maximum atomic E-state index is 12.6. The molecule has 0 bridgehead atoms. The molecule has 1 aromatic rings. The van der Waals surface area contributed by atoms with Gasteiger partial charge in [-0.25, -0.2) is 0 Å². The third-order valence-electron chi connectivity index (χ3n) is 5.03. The molecule has 0 amide bonds. The Labute approximate surface area is 129 Å². The van der Waals surface area contributed by atoms with Crippen molar-refractivity contribution in [1.82, 2.24) is 0 Å². The van der Waals surface area contributed by atoms with Crippen LogP contribution in [0.15, 0.2) is 18.2 Å². The van der Waals surface area contributed by atoms with Gasteiger partial charge in [0.15, 0.2) is 0 Å². The highest BCUT2D eigenvalue weighted by Gasteiger charge is 2.46. The van der Waals surface area contributed by atoms with E-state index in [1.165, 1.54) is 6.42 Å². The van der Waals surface area contributed by atoms with Crippen LogP contribution < -0.4 is 5.73 Å². The van der Waals surface area contributed by atoms with Crippen LogP contribution in [-0.4, -0.2) is 11.6 Å². The molecule has 4 heteroatoms. The molecule has 2 saturated carbocycles. The summed E-state index contributed by atoms with van der Waals surface area (Å²) in [6.07, 6.45) is 6.44.